The average molecular weight is 244 g/mol. The maximum atomic E-state index is 11.1. The van der Waals surface area contributed by atoms with Crippen molar-refractivity contribution in [2.24, 2.45) is 0 Å². The Morgan fingerprint density at radius 1 is 1.31 bits per heavy atom. The van der Waals surface area contributed by atoms with E-state index in [0.29, 0.717) is 0 Å². The minimum absolute atomic E-state index is 0.0541. The third kappa shape index (κ3) is 2.65. The molecule has 0 aliphatic carbocycles. The third-order valence-electron chi connectivity index (χ3n) is 2.40. The second-order valence-electron chi connectivity index (χ2n) is 3.37. The lowest BCUT2D eigenvalue weighted by molar-refractivity contribution is 0.483. The van der Waals surface area contributed by atoms with Gasteiger partial charge in [0.05, 0.1) is 5.69 Å². The average Bonchev–Trinajstić information content (AvgIpc) is 2.20. The van der Waals surface area contributed by atoms with Crippen LogP contribution in [0.4, 0.5) is 11.4 Å². The minimum atomic E-state index is -4.26. The smallest absolute Gasteiger partial charge is 0.296 e. The molecule has 0 aliphatic rings. The van der Waals surface area contributed by atoms with Crippen LogP contribution in [0.25, 0.3) is 0 Å². The van der Waals surface area contributed by atoms with Crippen molar-refractivity contribution >= 4 is 21.5 Å². The molecule has 0 bridgehead atoms. The lowest BCUT2D eigenvalue weighted by Gasteiger charge is -2.21. The number of nitrogens with zero attached hydrogens (tertiary/aromatic N) is 1. The van der Waals surface area contributed by atoms with E-state index in [-0.39, 0.29) is 10.6 Å². The summed E-state index contributed by atoms with van der Waals surface area (Å²) in [6, 6.07) is 4.60. The maximum absolute atomic E-state index is 11.1. The van der Waals surface area contributed by atoms with Gasteiger partial charge in [-0.25, -0.2) is 0 Å². The highest BCUT2D eigenvalue weighted by molar-refractivity contribution is 7.86. The highest BCUT2D eigenvalue weighted by Gasteiger charge is 2.15. The van der Waals surface area contributed by atoms with Crippen LogP contribution >= 0.6 is 0 Å². The lowest BCUT2D eigenvalue weighted by Crippen LogP contribution is -2.22. The summed E-state index contributed by atoms with van der Waals surface area (Å²) < 4.78 is 31.1. The van der Waals surface area contributed by atoms with Gasteiger partial charge in [0, 0.05) is 18.8 Å². The Hall–Kier alpha value is -1.27. The monoisotopic (exact) mass is 244 g/mol. The first-order chi connectivity index (χ1) is 7.40. The second-order valence-corrected chi connectivity index (χ2v) is 4.76. The maximum Gasteiger partial charge on any atom is 0.296 e. The predicted molar refractivity (Wildman–Crippen MR) is 64.2 cm³/mol. The SMILES string of the molecule is CCN(CC)c1ccc(N)c(S(=O)(=O)O)c1. The summed E-state index contributed by atoms with van der Waals surface area (Å²) in [5.74, 6) is 0. The van der Waals surface area contributed by atoms with Gasteiger partial charge in [0.2, 0.25) is 0 Å². The molecule has 0 saturated carbocycles. The topological polar surface area (TPSA) is 83.6 Å². The Kier molecular flexibility index (Phi) is 3.77. The molecule has 0 fully saturated rings. The molecule has 0 heterocycles. The molecule has 0 unspecified atom stereocenters. The van der Waals surface area contributed by atoms with Crippen LogP contribution < -0.4 is 10.6 Å². The number of hydrogen-bond acceptors (Lipinski definition) is 4. The van der Waals surface area contributed by atoms with Crippen LogP contribution in [0.5, 0.6) is 0 Å². The van der Waals surface area contributed by atoms with E-state index < -0.39 is 10.1 Å². The van der Waals surface area contributed by atoms with Gasteiger partial charge < -0.3 is 10.6 Å². The Bertz CT molecular complexity index is 467. The van der Waals surface area contributed by atoms with Gasteiger partial charge in [-0.05, 0) is 32.0 Å². The summed E-state index contributed by atoms with van der Waals surface area (Å²) in [7, 11) is -4.26. The molecular weight excluding hydrogens is 228 g/mol. The highest BCUT2D eigenvalue weighted by Crippen LogP contribution is 2.24. The van der Waals surface area contributed by atoms with E-state index >= 15 is 0 Å². The fraction of sp³-hybridized carbons (Fsp3) is 0.400. The van der Waals surface area contributed by atoms with E-state index in [9.17, 15) is 8.42 Å². The molecule has 16 heavy (non-hydrogen) atoms. The molecule has 0 radical (unpaired) electrons. The van der Waals surface area contributed by atoms with Gasteiger partial charge in [0.25, 0.3) is 10.1 Å². The van der Waals surface area contributed by atoms with Crippen molar-refractivity contribution in [1.29, 1.82) is 0 Å². The number of benzene rings is 1. The molecule has 0 aromatic heterocycles. The van der Waals surface area contributed by atoms with Crippen molar-refractivity contribution in [2.75, 3.05) is 23.7 Å². The second kappa shape index (κ2) is 4.71. The molecule has 1 rings (SSSR count). The standard InChI is InChI=1S/C10H16N2O3S/c1-3-12(4-2)8-5-6-9(11)10(7-8)16(13,14)15/h5-7H,3-4,11H2,1-2H3,(H,13,14,15). The van der Waals surface area contributed by atoms with Crippen LogP contribution in [0.1, 0.15) is 13.8 Å². The van der Waals surface area contributed by atoms with Gasteiger partial charge in [-0.3, -0.25) is 4.55 Å². The Labute approximate surface area is 95.6 Å². The molecule has 0 aliphatic heterocycles. The fourth-order valence-corrected chi connectivity index (χ4v) is 2.17. The number of nitrogens with two attached hydrogens (primary N) is 1. The van der Waals surface area contributed by atoms with Crippen molar-refractivity contribution in [1.82, 2.24) is 0 Å². The van der Waals surface area contributed by atoms with E-state index in [1.807, 2.05) is 18.7 Å². The Morgan fingerprint density at radius 2 is 1.88 bits per heavy atom. The zero-order valence-corrected chi connectivity index (χ0v) is 10.2. The molecule has 0 saturated heterocycles. The largest absolute Gasteiger partial charge is 0.398 e. The van der Waals surface area contributed by atoms with Crippen molar-refractivity contribution < 1.29 is 13.0 Å². The lowest BCUT2D eigenvalue weighted by atomic mass is 10.2. The zero-order valence-electron chi connectivity index (χ0n) is 9.34. The number of anilines is 2. The van der Waals surface area contributed by atoms with Crippen LogP contribution in [0, 0.1) is 0 Å². The summed E-state index contributed by atoms with van der Waals surface area (Å²) in [6.07, 6.45) is 0. The summed E-state index contributed by atoms with van der Waals surface area (Å²) >= 11 is 0. The minimum Gasteiger partial charge on any atom is -0.398 e. The zero-order chi connectivity index (χ0) is 12.3. The van der Waals surface area contributed by atoms with Crippen molar-refractivity contribution in [3.63, 3.8) is 0 Å². The molecule has 90 valence electrons. The first-order valence-corrected chi connectivity index (χ1v) is 6.46. The first kappa shape index (κ1) is 12.8. The molecule has 0 amide bonds. The van der Waals surface area contributed by atoms with Crippen LogP contribution in [0.15, 0.2) is 23.1 Å². The number of nitrogen functional groups attached to an aromatic ring is 1. The van der Waals surface area contributed by atoms with Gasteiger partial charge in [-0.15, -0.1) is 0 Å². The van der Waals surface area contributed by atoms with E-state index in [1.54, 1.807) is 6.07 Å². The van der Waals surface area contributed by atoms with Gasteiger partial charge in [-0.1, -0.05) is 0 Å². The van der Waals surface area contributed by atoms with Crippen LogP contribution in [0.3, 0.4) is 0 Å². The van der Waals surface area contributed by atoms with Gasteiger partial charge in [-0.2, -0.15) is 8.42 Å². The quantitative estimate of drug-likeness (QED) is 0.617. The molecule has 0 atom stereocenters. The molecule has 5 nitrogen and oxygen atoms in total. The van der Waals surface area contributed by atoms with Crippen molar-refractivity contribution in [3.8, 4) is 0 Å². The summed E-state index contributed by atoms with van der Waals surface area (Å²) in [4.78, 5) is 1.73. The predicted octanol–water partition coefficient (Wildman–Crippen LogP) is 1.36. The molecule has 1 aromatic rings. The fourth-order valence-electron chi connectivity index (χ4n) is 1.53. The Morgan fingerprint density at radius 3 is 2.31 bits per heavy atom. The number of rotatable bonds is 4. The van der Waals surface area contributed by atoms with Crippen molar-refractivity contribution in [3.05, 3.63) is 18.2 Å². The summed E-state index contributed by atoms with van der Waals surface area (Å²) in [5.41, 5.74) is 6.28. The number of hydrogen-bond donors (Lipinski definition) is 2. The molecule has 3 N–H and O–H groups in total. The molecule has 6 heteroatoms. The van der Waals surface area contributed by atoms with Crippen molar-refractivity contribution in [2.45, 2.75) is 18.7 Å². The molecule has 0 spiro atoms. The molecule has 1 aromatic carbocycles. The van der Waals surface area contributed by atoms with Gasteiger partial charge in [0.1, 0.15) is 4.90 Å². The van der Waals surface area contributed by atoms with E-state index in [1.165, 1.54) is 12.1 Å². The summed E-state index contributed by atoms with van der Waals surface area (Å²) in [6.45, 7) is 5.44. The Balaban J connectivity index is 3.27. The highest BCUT2D eigenvalue weighted by atomic mass is 32.2. The van der Waals surface area contributed by atoms with E-state index in [2.05, 4.69) is 0 Å². The first-order valence-electron chi connectivity index (χ1n) is 5.02. The molecular formula is C10H16N2O3S. The van der Waals surface area contributed by atoms with Gasteiger partial charge >= 0.3 is 0 Å². The van der Waals surface area contributed by atoms with Gasteiger partial charge in [0.15, 0.2) is 0 Å². The third-order valence-corrected chi connectivity index (χ3v) is 3.31. The van der Waals surface area contributed by atoms with E-state index in [0.717, 1.165) is 18.8 Å². The van der Waals surface area contributed by atoms with Crippen LogP contribution in [0.2, 0.25) is 0 Å². The van der Waals surface area contributed by atoms with E-state index in [4.69, 9.17) is 10.3 Å². The van der Waals surface area contributed by atoms with Crippen LogP contribution in [-0.2, 0) is 10.1 Å². The summed E-state index contributed by atoms with van der Waals surface area (Å²) in [5, 5.41) is 0. The normalized spacial score (nSPS) is 11.4. The van der Waals surface area contributed by atoms with Crippen LogP contribution in [-0.4, -0.2) is 26.1 Å².